The summed E-state index contributed by atoms with van der Waals surface area (Å²) in [6.45, 7) is 4.45. The Hall–Kier alpha value is -1.60. The topological polar surface area (TPSA) is 101 Å². The van der Waals surface area contributed by atoms with Crippen LogP contribution in [0.15, 0.2) is 29.2 Å². The van der Waals surface area contributed by atoms with Crippen LogP contribution in [0.5, 0.6) is 0 Å². The van der Waals surface area contributed by atoms with Crippen molar-refractivity contribution in [3.63, 3.8) is 0 Å². The molecule has 0 heterocycles. The second-order valence-corrected chi connectivity index (χ2v) is 6.18. The fraction of sp³-hybridized carbons (Fsp3) is 0.462. The zero-order valence-corrected chi connectivity index (χ0v) is 12.5. The third-order valence-electron chi connectivity index (χ3n) is 2.88. The lowest BCUT2D eigenvalue weighted by Crippen LogP contribution is -2.32. The number of carbonyl (C=O) groups is 1. The monoisotopic (exact) mass is 299 g/mol. The van der Waals surface area contributed by atoms with E-state index in [1.54, 1.807) is 12.1 Å². The van der Waals surface area contributed by atoms with Gasteiger partial charge in [0.1, 0.15) is 0 Å². The Labute approximate surface area is 119 Å². The van der Waals surface area contributed by atoms with Crippen molar-refractivity contribution in [2.24, 2.45) is 5.14 Å². The summed E-state index contributed by atoms with van der Waals surface area (Å²) in [7, 11) is -3.66. The van der Waals surface area contributed by atoms with Crippen molar-refractivity contribution in [3.05, 3.63) is 24.3 Å². The van der Waals surface area contributed by atoms with E-state index in [2.05, 4.69) is 10.6 Å². The maximum atomic E-state index is 11.5. The minimum absolute atomic E-state index is 0.00648. The van der Waals surface area contributed by atoms with Crippen molar-refractivity contribution in [2.75, 3.05) is 11.9 Å². The Bertz CT molecular complexity index is 540. The molecule has 1 amide bonds. The number of rotatable bonds is 7. The van der Waals surface area contributed by atoms with E-state index in [1.807, 2.05) is 13.8 Å². The summed E-state index contributed by atoms with van der Waals surface area (Å²) in [6, 6.07) is 6.27. The average Bonchev–Trinajstić information content (AvgIpc) is 2.38. The zero-order valence-electron chi connectivity index (χ0n) is 11.7. The molecule has 1 unspecified atom stereocenters. The Morgan fingerprint density at radius 3 is 2.40 bits per heavy atom. The fourth-order valence-electron chi connectivity index (χ4n) is 1.53. The van der Waals surface area contributed by atoms with Crippen LogP contribution in [0.1, 0.15) is 26.7 Å². The lowest BCUT2D eigenvalue weighted by Gasteiger charge is -2.12. The highest BCUT2D eigenvalue weighted by Crippen LogP contribution is 2.12. The van der Waals surface area contributed by atoms with E-state index >= 15 is 0 Å². The molecule has 20 heavy (non-hydrogen) atoms. The number of hydrogen-bond donors (Lipinski definition) is 3. The van der Waals surface area contributed by atoms with Gasteiger partial charge in [-0.2, -0.15) is 0 Å². The number of nitrogens with two attached hydrogens (primary N) is 1. The smallest absolute Gasteiger partial charge is 0.238 e. The van der Waals surface area contributed by atoms with E-state index in [9.17, 15) is 13.2 Å². The van der Waals surface area contributed by atoms with Crippen molar-refractivity contribution in [2.45, 2.75) is 37.6 Å². The quantitative estimate of drug-likeness (QED) is 0.700. The number of nitrogens with one attached hydrogen (secondary N) is 2. The van der Waals surface area contributed by atoms with Crippen LogP contribution in [0.3, 0.4) is 0 Å². The Morgan fingerprint density at radius 2 is 1.90 bits per heavy atom. The van der Waals surface area contributed by atoms with Crippen LogP contribution in [0, 0.1) is 0 Å². The largest absolute Gasteiger partial charge is 0.385 e. The fourth-order valence-corrected chi connectivity index (χ4v) is 2.05. The number of anilines is 1. The average molecular weight is 299 g/mol. The van der Waals surface area contributed by atoms with Crippen molar-refractivity contribution >= 4 is 21.6 Å². The van der Waals surface area contributed by atoms with Crippen LogP contribution < -0.4 is 15.8 Å². The van der Waals surface area contributed by atoms with Crippen molar-refractivity contribution in [1.82, 2.24) is 5.32 Å². The first-order valence-electron chi connectivity index (χ1n) is 6.49. The van der Waals surface area contributed by atoms with E-state index in [0.29, 0.717) is 13.0 Å². The van der Waals surface area contributed by atoms with Crippen LogP contribution in [0.25, 0.3) is 0 Å². The van der Waals surface area contributed by atoms with Gasteiger partial charge in [0.05, 0.1) is 4.90 Å². The third-order valence-corrected chi connectivity index (χ3v) is 3.81. The van der Waals surface area contributed by atoms with E-state index in [4.69, 9.17) is 5.14 Å². The van der Waals surface area contributed by atoms with Crippen LogP contribution in [0.2, 0.25) is 0 Å². The van der Waals surface area contributed by atoms with Gasteiger partial charge < -0.3 is 10.6 Å². The van der Waals surface area contributed by atoms with Crippen molar-refractivity contribution < 1.29 is 13.2 Å². The summed E-state index contributed by atoms with van der Waals surface area (Å²) < 4.78 is 22.2. The molecule has 1 rings (SSSR count). The van der Waals surface area contributed by atoms with Crippen LogP contribution in [-0.2, 0) is 14.8 Å². The summed E-state index contributed by atoms with van der Waals surface area (Å²) in [5.74, 6) is -0.00648. The van der Waals surface area contributed by atoms with Gasteiger partial charge in [-0.05, 0) is 37.6 Å². The first-order valence-corrected chi connectivity index (χ1v) is 8.03. The minimum Gasteiger partial charge on any atom is -0.385 e. The van der Waals surface area contributed by atoms with Crippen LogP contribution >= 0.6 is 0 Å². The predicted octanol–water partition coefficient (Wildman–Crippen LogP) is 1.05. The normalized spacial score (nSPS) is 12.8. The van der Waals surface area contributed by atoms with Gasteiger partial charge >= 0.3 is 0 Å². The Kier molecular flexibility index (Phi) is 5.97. The van der Waals surface area contributed by atoms with Crippen molar-refractivity contribution in [3.8, 4) is 0 Å². The lowest BCUT2D eigenvalue weighted by molar-refractivity contribution is -0.121. The molecule has 1 aromatic carbocycles. The molecule has 0 aliphatic carbocycles. The van der Waals surface area contributed by atoms with E-state index in [0.717, 1.165) is 12.1 Å². The van der Waals surface area contributed by atoms with Gasteiger partial charge in [0.2, 0.25) is 15.9 Å². The highest BCUT2D eigenvalue weighted by Gasteiger charge is 2.07. The summed E-state index contributed by atoms with van der Waals surface area (Å²) >= 11 is 0. The van der Waals surface area contributed by atoms with Gasteiger partial charge in [-0.1, -0.05) is 6.92 Å². The number of benzene rings is 1. The molecular weight excluding hydrogens is 278 g/mol. The first kappa shape index (κ1) is 16.5. The summed E-state index contributed by atoms with van der Waals surface area (Å²) in [4.78, 5) is 11.6. The molecule has 0 aromatic heterocycles. The lowest BCUT2D eigenvalue weighted by atomic mass is 10.2. The van der Waals surface area contributed by atoms with Gasteiger partial charge in [0.15, 0.2) is 0 Å². The zero-order chi connectivity index (χ0) is 15.2. The van der Waals surface area contributed by atoms with Gasteiger partial charge in [-0.3, -0.25) is 4.79 Å². The Morgan fingerprint density at radius 1 is 1.30 bits per heavy atom. The second-order valence-electron chi connectivity index (χ2n) is 4.62. The molecule has 1 atom stereocenters. The number of hydrogen-bond acceptors (Lipinski definition) is 4. The molecule has 4 N–H and O–H groups in total. The summed E-state index contributed by atoms with van der Waals surface area (Å²) in [6.07, 6.45) is 1.26. The molecule has 1 aromatic rings. The van der Waals surface area contributed by atoms with E-state index in [1.165, 1.54) is 12.1 Å². The molecule has 112 valence electrons. The minimum atomic E-state index is -3.66. The molecule has 0 bridgehead atoms. The number of primary sulfonamides is 1. The van der Waals surface area contributed by atoms with Crippen LogP contribution in [0.4, 0.5) is 5.69 Å². The molecule has 7 heteroatoms. The SMILES string of the molecule is CCC(C)NC(=O)CCNc1ccc(S(N)(=O)=O)cc1. The summed E-state index contributed by atoms with van der Waals surface area (Å²) in [5.41, 5.74) is 0.744. The number of carbonyl (C=O) groups excluding carboxylic acids is 1. The molecule has 0 aliphatic rings. The van der Waals surface area contributed by atoms with Crippen LogP contribution in [-0.4, -0.2) is 26.9 Å². The molecular formula is C13H21N3O3S. The predicted molar refractivity (Wildman–Crippen MR) is 78.8 cm³/mol. The molecule has 6 nitrogen and oxygen atoms in total. The molecule has 0 aliphatic heterocycles. The van der Waals surface area contributed by atoms with Gasteiger partial charge in [-0.25, -0.2) is 13.6 Å². The second kappa shape index (κ2) is 7.25. The molecule has 0 saturated heterocycles. The molecule has 0 fully saturated rings. The van der Waals surface area contributed by atoms with E-state index in [-0.39, 0.29) is 16.8 Å². The number of amides is 1. The number of sulfonamides is 1. The maximum absolute atomic E-state index is 11.5. The van der Waals surface area contributed by atoms with Gasteiger partial charge in [-0.15, -0.1) is 0 Å². The van der Waals surface area contributed by atoms with E-state index < -0.39 is 10.0 Å². The third kappa shape index (κ3) is 5.58. The van der Waals surface area contributed by atoms with Gasteiger partial charge in [0, 0.05) is 24.7 Å². The standard InChI is InChI=1S/C13H21N3O3S/c1-3-10(2)16-13(17)8-9-15-11-4-6-12(7-5-11)20(14,18)19/h4-7,10,15H,3,8-9H2,1-2H3,(H,16,17)(H2,14,18,19). The molecule has 0 saturated carbocycles. The first-order chi connectivity index (χ1) is 9.32. The Balaban J connectivity index is 2.41. The maximum Gasteiger partial charge on any atom is 0.238 e. The van der Waals surface area contributed by atoms with Crippen molar-refractivity contribution in [1.29, 1.82) is 0 Å². The highest BCUT2D eigenvalue weighted by molar-refractivity contribution is 7.89. The molecule has 0 radical (unpaired) electrons. The molecule has 0 spiro atoms. The van der Waals surface area contributed by atoms with Gasteiger partial charge in [0.25, 0.3) is 0 Å². The highest BCUT2D eigenvalue weighted by atomic mass is 32.2. The summed E-state index contributed by atoms with van der Waals surface area (Å²) in [5, 5.41) is 10.9.